The maximum Gasteiger partial charge on any atom is 0.0668 e. The number of nitriles is 1. The zero-order chi connectivity index (χ0) is 11.1. The lowest BCUT2D eigenvalue weighted by Crippen LogP contribution is -2.23. The van der Waals surface area contributed by atoms with E-state index >= 15 is 0 Å². The van der Waals surface area contributed by atoms with E-state index in [-0.39, 0.29) is 0 Å². The number of hydroxylamine groups is 1. The van der Waals surface area contributed by atoms with Crippen molar-refractivity contribution in [2.45, 2.75) is 19.8 Å². The van der Waals surface area contributed by atoms with Crippen LogP contribution in [0.25, 0.3) is 0 Å². The van der Waals surface area contributed by atoms with Gasteiger partial charge >= 0.3 is 0 Å². The van der Waals surface area contributed by atoms with Gasteiger partial charge in [0.05, 0.1) is 31.8 Å². The zero-order valence-corrected chi connectivity index (χ0v) is 9.23. The van der Waals surface area contributed by atoms with E-state index < -0.39 is 0 Å². The van der Waals surface area contributed by atoms with Gasteiger partial charge in [-0.25, -0.2) is 0 Å². The van der Waals surface area contributed by atoms with Crippen molar-refractivity contribution in [2.24, 2.45) is 0 Å². The Labute approximate surface area is 90.8 Å². The first-order chi connectivity index (χ1) is 7.33. The van der Waals surface area contributed by atoms with Crippen molar-refractivity contribution in [3.05, 3.63) is 29.8 Å². The molecule has 0 spiro atoms. The lowest BCUT2D eigenvalue weighted by molar-refractivity contribution is 0.168. The summed E-state index contributed by atoms with van der Waals surface area (Å²) in [6, 6.07) is 10.2. The molecule has 0 atom stereocenters. The van der Waals surface area contributed by atoms with E-state index in [9.17, 15) is 0 Å². The standard InChI is InChI=1S/C12H16N2O/c1-3-11-7-4-5-8-12(11)14(15-2)10-6-9-13/h4-5,7-8H,3,6,10H2,1-2H3. The molecule has 1 aromatic carbocycles. The van der Waals surface area contributed by atoms with Crippen molar-refractivity contribution in [1.29, 1.82) is 5.26 Å². The van der Waals surface area contributed by atoms with Gasteiger partial charge in [-0.05, 0) is 18.1 Å². The minimum Gasteiger partial charge on any atom is -0.277 e. The van der Waals surface area contributed by atoms with E-state index in [1.807, 2.05) is 18.2 Å². The fourth-order valence-corrected chi connectivity index (χ4v) is 1.51. The highest BCUT2D eigenvalue weighted by molar-refractivity contribution is 5.51. The molecule has 0 aromatic heterocycles. The predicted molar refractivity (Wildman–Crippen MR) is 60.4 cm³/mol. The van der Waals surface area contributed by atoms with Gasteiger partial charge in [0.2, 0.25) is 0 Å². The predicted octanol–water partition coefficient (Wildman–Crippen LogP) is 2.53. The van der Waals surface area contributed by atoms with Crippen molar-refractivity contribution < 1.29 is 4.84 Å². The Morgan fingerprint density at radius 3 is 2.73 bits per heavy atom. The highest BCUT2D eigenvalue weighted by atomic mass is 16.7. The third-order valence-corrected chi connectivity index (χ3v) is 2.29. The van der Waals surface area contributed by atoms with Crippen LogP contribution in [0.15, 0.2) is 24.3 Å². The molecule has 0 unspecified atom stereocenters. The van der Waals surface area contributed by atoms with Gasteiger partial charge in [0, 0.05) is 0 Å². The largest absolute Gasteiger partial charge is 0.277 e. The van der Waals surface area contributed by atoms with Crippen LogP contribution in [0, 0.1) is 11.3 Å². The van der Waals surface area contributed by atoms with Crippen LogP contribution >= 0.6 is 0 Å². The average molecular weight is 204 g/mol. The van der Waals surface area contributed by atoms with Gasteiger partial charge in [0.1, 0.15) is 0 Å². The fraction of sp³-hybridized carbons (Fsp3) is 0.417. The molecule has 0 fully saturated rings. The number of benzene rings is 1. The molecule has 80 valence electrons. The number of anilines is 1. The molecule has 15 heavy (non-hydrogen) atoms. The third kappa shape index (κ3) is 2.97. The Hall–Kier alpha value is -1.53. The van der Waals surface area contributed by atoms with Gasteiger partial charge in [0.15, 0.2) is 0 Å². The molecule has 0 bridgehead atoms. The van der Waals surface area contributed by atoms with E-state index in [2.05, 4.69) is 19.1 Å². The molecule has 0 N–H and O–H groups in total. The highest BCUT2D eigenvalue weighted by Gasteiger charge is 2.08. The zero-order valence-electron chi connectivity index (χ0n) is 9.23. The molecule has 3 nitrogen and oxygen atoms in total. The number of rotatable bonds is 5. The molecule has 0 saturated heterocycles. The van der Waals surface area contributed by atoms with Crippen LogP contribution in [0.1, 0.15) is 18.9 Å². The lowest BCUT2D eigenvalue weighted by Gasteiger charge is -2.23. The molecule has 0 radical (unpaired) electrons. The Kier molecular flexibility index (Phi) is 4.65. The molecule has 0 aliphatic heterocycles. The van der Waals surface area contributed by atoms with E-state index in [4.69, 9.17) is 10.1 Å². The van der Waals surface area contributed by atoms with Crippen molar-refractivity contribution >= 4 is 5.69 Å². The van der Waals surface area contributed by atoms with Gasteiger partial charge in [-0.15, -0.1) is 0 Å². The van der Waals surface area contributed by atoms with Gasteiger partial charge in [-0.1, -0.05) is 25.1 Å². The van der Waals surface area contributed by atoms with Crippen LogP contribution in [0.3, 0.4) is 0 Å². The highest BCUT2D eigenvalue weighted by Crippen LogP contribution is 2.20. The van der Waals surface area contributed by atoms with E-state index in [1.165, 1.54) is 5.56 Å². The Morgan fingerprint density at radius 1 is 1.40 bits per heavy atom. The summed E-state index contributed by atoms with van der Waals surface area (Å²) < 4.78 is 0. The lowest BCUT2D eigenvalue weighted by atomic mass is 10.1. The Balaban J connectivity index is 2.86. The van der Waals surface area contributed by atoms with Crippen LogP contribution in [0.4, 0.5) is 5.69 Å². The smallest absolute Gasteiger partial charge is 0.0668 e. The van der Waals surface area contributed by atoms with Crippen molar-refractivity contribution in [3.63, 3.8) is 0 Å². The molecule has 3 heteroatoms. The number of hydrogen-bond donors (Lipinski definition) is 0. The van der Waals surface area contributed by atoms with E-state index in [1.54, 1.807) is 12.2 Å². The van der Waals surface area contributed by atoms with Gasteiger partial charge in [-0.2, -0.15) is 5.26 Å². The molecule has 0 aliphatic carbocycles. The molecular formula is C12H16N2O. The van der Waals surface area contributed by atoms with Gasteiger partial charge in [-0.3, -0.25) is 9.90 Å². The summed E-state index contributed by atoms with van der Waals surface area (Å²) in [5.41, 5.74) is 2.29. The van der Waals surface area contributed by atoms with Crippen molar-refractivity contribution in [1.82, 2.24) is 0 Å². The first-order valence-corrected chi connectivity index (χ1v) is 5.10. The molecule has 1 rings (SSSR count). The molecule has 0 aliphatic rings. The number of para-hydroxylation sites is 1. The molecule has 0 amide bonds. The fourth-order valence-electron chi connectivity index (χ4n) is 1.51. The minimum absolute atomic E-state index is 0.464. The number of nitrogens with zero attached hydrogens (tertiary/aromatic N) is 2. The van der Waals surface area contributed by atoms with Crippen LogP contribution in [-0.2, 0) is 11.3 Å². The van der Waals surface area contributed by atoms with E-state index in [0.717, 1.165) is 12.1 Å². The molecule has 0 saturated carbocycles. The van der Waals surface area contributed by atoms with E-state index in [0.29, 0.717) is 13.0 Å². The number of aryl methyl sites for hydroxylation is 1. The van der Waals surface area contributed by atoms with Crippen molar-refractivity contribution in [2.75, 3.05) is 18.7 Å². The van der Waals surface area contributed by atoms with Crippen LogP contribution < -0.4 is 5.06 Å². The SMILES string of the molecule is CCc1ccccc1N(CCC#N)OC. The quantitative estimate of drug-likeness (QED) is 0.691. The minimum atomic E-state index is 0.464. The number of hydrogen-bond acceptors (Lipinski definition) is 3. The summed E-state index contributed by atoms with van der Waals surface area (Å²) >= 11 is 0. The molecule has 1 aromatic rings. The van der Waals surface area contributed by atoms with Crippen LogP contribution in [0.5, 0.6) is 0 Å². The maximum atomic E-state index is 8.55. The summed E-state index contributed by atoms with van der Waals surface area (Å²) in [7, 11) is 1.63. The summed E-state index contributed by atoms with van der Waals surface area (Å²) in [4.78, 5) is 5.26. The summed E-state index contributed by atoms with van der Waals surface area (Å²) in [5, 5.41) is 10.3. The third-order valence-electron chi connectivity index (χ3n) is 2.29. The normalized spacial score (nSPS) is 9.67. The molecular weight excluding hydrogens is 188 g/mol. The summed E-state index contributed by atoms with van der Waals surface area (Å²) in [6.45, 7) is 2.71. The summed E-state index contributed by atoms with van der Waals surface area (Å²) in [6.07, 6.45) is 1.43. The van der Waals surface area contributed by atoms with Gasteiger partial charge in [0.25, 0.3) is 0 Å². The van der Waals surface area contributed by atoms with Crippen molar-refractivity contribution in [3.8, 4) is 6.07 Å². The second kappa shape index (κ2) is 6.05. The first kappa shape index (κ1) is 11.5. The summed E-state index contributed by atoms with van der Waals surface area (Å²) in [5.74, 6) is 0. The Bertz CT molecular complexity index is 344. The topological polar surface area (TPSA) is 36.3 Å². The van der Waals surface area contributed by atoms with Gasteiger partial charge < -0.3 is 0 Å². The van der Waals surface area contributed by atoms with Crippen LogP contribution in [-0.4, -0.2) is 13.7 Å². The second-order valence-corrected chi connectivity index (χ2v) is 3.18. The average Bonchev–Trinajstić information content (AvgIpc) is 2.30. The van der Waals surface area contributed by atoms with Crippen LogP contribution in [0.2, 0.25) is 0 Å². The monoisotopic (exact) mass is 204 g/mol. The maximum absolute atomic E-state index is 8.55. The first-order valence-electron chi connectivity index (χ1n) is 5.10. The molecule has 0 heterocycles. The second-order valence-electron chi connectivity index (χ2n) is 3.18. The Morgan fingerprint density at radius 2 is 2.13 bits per heavy atom.